The average Bonchev–Trinajstić information content (AvgIpc) is 2.61. The standard InChI is InChI=1S/C12H14O4/c1-12(7-16-6-10(12)13)9-4-2-3-8(5-9)11(14)15/h2-5,10,13H,6-7H2,1H3,(H,14,15)/t10-,12+/m0/s1. The SMILES string of the molecule is C[C@]1(c2cccc(C(=O)O)c2)COC[C@@H]1O. The van der Waals surface area contributed by atoms with Crippen LogP contribution >= 0.6 is 0 Å². The Morgan fingerprint density at radius 3 is 2.88 bits per heavy atom. The van der Waals surface area contributed by atoms with E-state index in [0.717, 1.165) is 5.56 Å². The van der Waals surface area contributed by atoms with Crippen LogP contribution in [0.2, 0.25) is 0 Å². The van der Waals surface area contributed by atoms with Crippen LogP contribution in [-0.4, -0.2) is 35.5 Å². The Labute approximate surface area is 93.5 Å². The Kier molecular flexibility index (Phi) is 2.69. The molecule has 1 saturated heterocycles. The van der Waals surface area contributed by atoms with Crippen LogP contribution in [0.1, 0.15) is 22.8 Å². The van der Waals surface area contributed by atoms with Crippen LogP contribution in [0.15, 0.2) is 24.3 Å². The average molecular weight is 222 g/mol. The van der Waals surface area contributed by atoms with Gasteiger partial charge in [0.25, 0.3) is 0 Å². The Balaban J connectivity index is 2.40. The first-order valence-corrected chi connectivity index (χ1v) is 5.14. The van der Waals surface area contributed by atoms with Gasteiger partial charge in [0.1, 0.15) is 0 Å². The van der Waals surface area contributed by atoms with Gasteiger partial charge in [0.15, 0.2) is 0 Å². The van der Waals surface area contributed by atoms with Crippen molar-refractivity contribution in [3.05, 3.63) is 35.4 Å². The van der Waals surface area contributed by atoms with E-state index in [-0.39, 0.29) is 5.56 Å². The summed E-state index contributed by atoms with van der Waals surface area (Å²) in [5.74, 6) is -0.959. The maximum absolute atomic E-state index is 10.9. The molecule has 0 bridgehead atoms. The molecular weight excluding hydrogens is 208 g/mol. The monoisotopic (exact) mass is 222 g/mol. The lowest BCUT2D eigenvalue weighted by Crippen LogP contribution is -2.35. The molecule has 2 N–H and O–H groups in total. The number of ether oxygens (including phenoxy) is 1. The fourth-order valence-corrected chi connectivity index (χ4v) is 1.95. The van der Waals surface area contributed by atoms with E-state index in [0.29, 0.717) is 13.2 Å². The fourth-order valence-electron chi connectivity index (χ4n) is 1.95. The van der Waals surface area contributed by atoms with E-state index in [1.807, 2.05) is 13.0 Å². The van der Waals surface area contributed by atoms with Crippen LogP contribution in [0.4, 0.5) is 0 Å². The minimum Gasteiger partial charge on any atom is -0.478 e. The third-order valence-corrected chi connectivity index (χ3v) is 3.18. The Bertz CT molecular complexity index is 415. The number of hydrogen-bond donors (Lipinski definition) is 2. The van der Waals surface area contributed by atoms with Gasteiger partial charge in [0.05, 0.1) is 24.9 Å². The molecule has 0 aromatic heterocycles. The van der Waals surface area contributed by atoms with E-state index in [9.17, 15) is 9.90 Å². The third kappa shape index (κ3) is 1.70. The highest BCUT2D eigenvalue weighted by Crippen LogP contribution is 2.33. The van der Waals surface area contributed by atoms with Crippen LogP contribution in [0.5, 0.6) is 0 Å². The number of carboxylic acid groups (broad SMARTS) is 1. The summed E-state index contributed by atoms with van der Waals surface area (Å²) in [7, 11) is 0. The zero-order chi connectivity index (χ0) is 11.8. The maximum Gasteiger partial charge on any atom is 0.335 e. The molecule has 4 heteroatoms. The Hall–Kier alpha value is -1.39. The van der Waals surface area contributed by atoms with Crippen molar-refractivity contribution in [2.45, 2.75) is 18.4 Å². The highest BCUT2D eigenvalue weighted by atomic mass is 16.5. The van der Waals surface area contributed by atoms with Gasteiger partial charge in [0.2, 0.25) is 0 Å². The molecule has 4 nitrogen and oxygen atoms in total. The van der Waals surface area contributed by atoms with Crippen molar-refractivity contribution < 1.29 is 19.7 Å². The molecule has 0 spiro atoms. The summed E-state index contributed by atoms with van der Waals surface area (Å²) in [6.45, 7) is 2.59. The lowest BCUT2D eigenvalue weighted by atomic mass is 9.79. The number of rotatable bonds is 2. The second-order valence-corrected chi connectivity index (χ2v) is 4.33. The van der Waals surface area contributed by atoms with E-state index in [2.05, 4.69) is 0 Å². The van der Waals surface area contributed by atoms with Gasteiger partial charge in [-0.3, -0.25) is 0 Å². The van der Waals surface area contributed by atoms with Crippen LogP contribution in [0.3, 0.4) is 0 Å². The molecule has 0 aliphatic carbocycles. The molecule has 0 amide bonds. The van der Waals surface area contributed by atoms with E-state index < -0.39 is 17.5 Å². The predicted octanol–water partition coefficient (Wildman–Crippen LogP) is 1.03. The van der Waals surface area contributed by atoms with Gasteiger partial charge < -0.3 is 14.9 Å². The van der Waals surface area contributed by atoms with Gasteiger partial charge >= 0.3 is 5.97 Å². The van der Waals surface area contributed by atoms with Crippen molar-refractivity contribution in [3.63, 3.8) is 0 Å². The van der Waals surface area contributed by atoms with Crippen molar-refractivity contribution in [1.29, 1.82) is 0 Å². The smallest absolute Gasteiger partial charge is 0.335 e. The maximum atomic E-state index is 10.9. The first-order valence-electron chi connectivity index (χ1n) is 5.14. The van der Waals surface area contributed by atoms with Crippen molar-refractivity contribution in [1.82, 2.24) is 0 Å². The molecule has 0 radical (unpaired) electrons. The summed E-state index contributed by atoms with van der Waals surface area (Å²) in [4.78, 5) is 10.9. The van der Waals surface area contributed by atoms with E-state index >= 15 is 0 Å². The van der Waals surface area contributed by atoms with E-state index in [1.54, 1.807) is 12.1 Å². The fraction of sp³-hybridized carbons (Fsp3) is 0.417. The number of carboxylic acids is 1. The van der Waals surface area contributed by atoms with Gasteiger partial charge in [-0.25, -0.2) is 4.79 Å². The quantitative estimate of drug-likeness (QED) is 0.784. The number of aromatic carboxylic acids is 1. The molecule has 2 rings (SSSR count). The molecule has 0 saturated carbocycles. The summed E-state index contributed by atoms with van der Waals surface area (Å²) in [5.41, 5.74) is 0.529. The highest BCUT2D eigenvalue weighted by molar-refractivity contribution is 5.87. The molecule has 16 heavy (non-hydrogen) atoms. The van der Waals surface area contributed by atoms with Gasteiger partial charge in [0, 0.05) is 5.41 Å². The van der Waals surface area contributed by atoms with Crippen molar-refractivity contribution in [2.24, 2.45) is 0 Å². The number of carbonyl (C=O) groups is 1. The van der Waals surface area contributed by atoms with Gasteiger partial charge in [-0.05, 0) is 17.7 Å². The Morgan fingerprint density at radius 1 is 1.56 bits per heavy atom. The molecule has 1 aromatic carbocycles. The van der Waals surface area contributed by atoms with Crippen molar-refractivity contribution >= 4 is 5.97 Å². The van der Waals surface area contributed by atoms with Crippen LogP contribution in [0, 0.1) is 0 Å². The van der Waals surface area contributed by atoms with Gasteiger partial charge in [-0.2, -0.15) is 0 Å². The molecule has 1 aliphatic rings. The normalized spacial score (nSPS) is 29.2. The van der Waals surface area contributed by atoms with Crippen molar-refractivity contribution in [2.75, 3.05) is 13.2 Å². The molecule has 1 fully saturated rings. The molecular formula is C12H14O4. The lowest BCUT2D eigenvalue weighted by Gasteiger charge is -2.26. The lowest BCUT2D eigenvalue weighted by molar-refractivity contribution is 0.0696. The minimum absolute atomic E-state index is 0.234. The number of aliphatic hydroxyl groups excluding tert-OH is 1. The molecule has 2 atom stereocenters. The third-order valence-electron chi connectivity index (χ3n) is 3.18. The van der Waals surface area contributed by atoms with Crippen LogP contribution < -0.4 is 0 Å². The summed E-state index contributed by atoms with van der Waals surface area (Å²) < 4.78 is 5.23. The summed E-state index contributed by atoms with van der Waals surface area (Å²) >= 11 is 0. The summed E-state index contributed by atoms with van der Waals surface area (Å²) in [6.07, 6.45) is -0.587. The Morgan fingerprint density at radius 2 is 2.31 bits per heavy atom. The predicted molar refractivity (Wildman–Crippen MR) is 57.6 cm³/mol. The first kappa shape index (κ1) is 11.1. The first-order chi connectivity index (χ1) is 7.54. The second kappa shape index (κ2) is 3.88. The topological polar surface area (TPSA) is 66.8 Å². The molecule has 1 aromatic rings. The summed E-state index contributed by atoms with van der Waals surface area (Å²) in [5, 5.41) is 18.8. The molecule has 86 valence electrons. The minimum atomic E-state index is -0.959. The van der Waals surface area contributed by atoms with Crippen LogP contribution in [0.25, 0.3) is 0 Å². The molecule has 1 aliphatic heterocycles. The van der Waals surface area contributed by atoms with Crippen LogP contribution in [-0.2, 0) is 10.2 Å². The largest absolute Gasteiger partial charge is 0.478 e. The van der Waals surface area contributed by atoms with E-state index in [4.69, 9.17) is 9.84 Å². The zero-order valence-corrected chi connectivity index (χ0v) is 9.01. The highest BCUT2D eigenvalue weighted by Gasteiger charge is 2.40. The molecule has 1 heterocycles. The van der Waals surface area contributed by atoms with Gasteiger partial charge in [-0.15, -0.1) is 0 Å². The van der Waals surface area contributed by atoms with Crippen molar-refractivity contribution in [3.8, 4) is 0 Å². The number of hydrogen-bond acceptors (Lipinski definition) is 3. The summed E-state index contributed by atoms with van der Waals surface area (Å²) in [6, 6.07) is 6.65. The van der Waals surface area contributed by atoms with Gasteiger partial charge in [-0.1, -0.05) is 19.1 Å². The second-order valence-electron chi connectivity index (χ2n) is 4.33. The van der Waals surface area contributed by atoms with E-state index in [1.165, 1.54) is 6.07 Å². The zero-order valence-electron chi connectivity index (χ0n) is 9.01. The number of aliphatic hydroxyl groups is 1. The number of benzene rings is 1. The molecule has 0 unspecified atom stereocenters.